The van der Waals surface area contributed by atoms with Crippen molar-refractivity contribution in [1.29, 1.82) is 0 Å². The first-order valence-electron chi connectivity index (χ1n) is 13.6. The van der Waals surface area contributed by atoms with E-state index >= 15 is 0 Å². The molecule has 188 valence electrons. The van der Waals surface area contributed by atoms with Gasteiger partial charge in [-0.3, -0.25) is 0 Å². The van der Waals surface area contributed by atoms with Gasteiger partial charge in [-0.1, -0.05) is 97.1 Å². The largest absolute Gasteiger partial charge is 0.456 e. The van der Waals surface area contributed by atoms with Crippen LogP contribution in [0.4, 0.5) is 17.1 Å². The molecule has 0 bridgehead atoms. The van der Waals surface area contributed by atoms with Crippen molar-refractivity contribution in [3.8, 4) is 11.1 Å². The molecule has 0 amide bonds. The van der Waals surface area contributed by atoms with Crippen molar-refractivity contribution in [2.45, 2.75) is 0 Å². The van der Waals surface area contributed by atoms with Gasteiger partial charge in [-0.05, 0) is 87.3 Å². The summed E-state index contributed by atoms with van der Waals surface area (Å²) in [5, 5.41) is 7.12. The fourth-order valence-electron chi connectivity index (χ4n) is 5.88. The zero-order valence-corrected chi connectivity index (χ0v) is 21.8. The van der Waals surface area contributed by atoms with Crippen LogP contribution in [-0.4, -0.2) is 0 Å². The highest BCUT2D eigenvalue weighted by molar-refractivity contribution is 6.16. The molecule has 0 N–H and O–H groups in total. The number of hydrogen-bond donors (Lipinski definition) is 0. The molecule has 0 saturated heterocycles. The molecule has 2 heteroatoms. The van der Waals surface area contributed by atoms with Crippen molar-refractivity contribution in [3.05, 3.63) is 152 Å². The first-order valence-corrected chi connectivity index (χ1v) is 13.6. The number of para-hydroxylation sites is 2. The smallest absolute Gasteiger partial charge is 0.136 e. The van der Waals surface area contributed by atoms with Crippen molar-refractivity contribution in [2.24, 2.45) is 0 Å². The molecule has 1 aromatic heterocycles. The zero-order chi connectivity index (χ0) is 26.5. The van der Waals surface area contributed by atoms with E-state index in [0.717, 1.165) is 39.0 Å². The van der Waals surface area contributed by atoms with E-state index in [0.29, 0.717) is 0 Å². The van der Waals surface area contributed by atoms with Crippen LogP contribution in [0.3, 0.4) is 0 Å². The Kier molecular flexibility index (Phi) is 5.17. The van der Waals surface area contributed by atoms with Gasteiger partial charge >= 0.3 is 0 Å². The summed E-state index contributed by atoms with van der Waals surface area (Å²) in [6, 6.07) is 53.9. The van der Waals surface area contributed by atoms with Gasteiger partial charge in [0.2, 0.25) is 0 Å². The summed E-state index contributed by atoms with van der Waals surface area (Å²) in [6.45, 7) is 0. The van der Waals surface area contributed by atoms with Gasteiger partial charge in [0.25, 0.3) is 0 Å². The van der Waals surface area contributed by atoms with Gasteiger partial charge in [0, 0.05) is 27.8 Å². The molecule has 0 saturated carbocycles. The molecular formula is C38H25NO. The summed E-state index contributed by atoms with van der Waals surface area (Å²) >= 11 is 0. The van der Waals surface area contributed by atoms with E-state index in [-0.39, 0.29) is 0 Å². The van der Waals surface area contributed by atoms with Crippen LogP contribution in [0.1, 0.15) is 0 Å². The van der Waals surface area contributed by atoms with Gasteiger partial charge in [0.1, 0.15) is 11.2 Å². The summed E-state index contributed by atoms with van der Waals surface area (Å²) in [4.78, 5) is 2.34. The normalized spacial score (nSPS) is 11.5. The summed E-state index contributed by atoms with van der Waals surface area (Å²) in [7, 11) is 0. The number of fused-ring (bicyclic) bond motifs is 6. The molecule has 0 radical (unpaired) electrons. The SMILES string of the molecule is c1ccc(-c2cccc(N(c3ccccc3)c3ccc4ccc5cc6c(cc5c4c3)oc3ccccc36)c2)cc1. The van der Waals surface area contributed by atoms with E-state index in [9.17, 15) is 0 Å². The van der Waals surface area contributed by atoms with Crippen LogP contribution >= 0.6 is 0 Å². The minimum atomic E-state index is 0.919. The number of furan rings is 1. The topological polar surface area (TPSA) is 16.4 Å². The molecule has 1 heterocycles. The van der Waals surface area contributed by atoms with E-state index < -0.39 is 0 Å². The van der Waals surface area contributed by atoms with Gasteiger partial charge in [-0.2, -0.15) is 0 Å². The summed E-state index contributed by atoms with van der Waals surface area (Å²) in [5.74, 6) is 0. The maximum Gasteiger partial charge on any atom is 0.136 e. The van der Waals surface area contributed by atoms with Crippen LogP contribution < -0.4 is 4.90 Å². The van der Waals surface area contributed by atoms with E-state index in [4.69, 9.17) is 4.42 Å². The van der Waals surface area contributed by atoms with Crippen LogP contribution in [0.2, 0.25) is 0 Å². The molecule has 0 atom stereocenters. The second kappa shape index (κ2) is 9.14. The molecule has 2 nitrogen and oxygen atoms in total. The lowest BCUT2D eigenvalue weighted by atomic mass is 9.99. The molecule has 0 spiro atoms. The van der Waals surface area contributed by atoms with Gasteiger partial charge in [0.15, 0.2) is 0 Å². The zero-order valence-electron chi connectivity index (χ0n) is 21.8. The number of anilines is 3. The quantitative estimate of drug-likeness (QED) is 0.218. The maximum absolute atomic E-state index is 6.27. The molecule has 8 aromatic rings. The molecule has 0 aliphatic heterocycles. The minimum Gasteiger partial charge on any atom is -0.456 e. The van der Waals surface area contributed by atoms with Crippen molar-refractivity contribution < 1.29 is 4.42 Å². The van der Waals surface area contributed by atoms with Crippen LogP contribution in [0.5, 0.6) is 0 Å². The van der Waals surface area contributed by atoms with Crippen LogP contribution in [0.15, 0.2) is 156 Å². The van der Waals surface area contributed by atoms with Crippen molar-refractivity contribution in [2.75, 3.05) is 4.90 Å². The Morgan fingerprint density at radius 2 is 1.00 bits per heavy atom. The van der Waals surface area contributed by atoms with Crippen molar-refractivity contribution in [1.82, 2.24) is 0 Å². The summed E-state index contributed by atoms with van der Waals surface area (Å²) in [6.07, 6.45) is 0. The van der Waals surface area contributed by atoms with Gasteiger partial charge < -0.3 is 9.32 Å². The Balaban J connectivity index is 1.34. The third-order valence-electron chi connectivity index (χ3n) is 7.80. The second-order valence-electron chi connectivity index (χ2n) is 10.2. The molecule has 0 unspecified atom stereocenters. The van der Waals surface area contributed by atoms with Crippen molar-refractivity contribution in [3.63, 3.8) is 0 Å². The van der Waals surface area contributed by atoms with E-state index in [1.807, 2.05) is 12.1 Å². The highest BCUT2D eigenvalue weighted by Crippen LogP contribution is 2.40. The third-order valence-corrected chi connectivity index (χ3v) is 7.80. The average molecular weight is 512 g/mol. The number of nitrogens with zero attached hydrogens (tertiary/aromatic N) is 1. The van der Waals surface area contributed by atoms with Crippen LogP contribution in [0.25, 0.3) is 54.6 Å². The van der Waals surface area contributed by atoms with Gasteiger partial charge in [-0.25, -0.2) is 0 Å². The average Bonchev–Trinajstić information content (AvgIpc) is 3.39. The fourth-order valence-corrected chi connectivity index (χ4v) is 5.88. The number of hydrogen-bond acceptors (Lipinski definition) is 2. The first-order chi connectivity index (χ1) is 19.8. The van der Waals surface area contributed by atoms with Crippen molar-refractivity contribution >= 4 is 60.5 Å². The van der Waals surface area contributed by atoms with E-state index in [1.54, 1.807) is 0 Å². The first kappa shape index (κ1) is 22.6. The standard InChI is InChI=1S/C38H25NO/c1-3-10-26(11-4-1)28-12-9-15-31(22-28)39(30-13-5-2-6-14-30)32-21-20-27-18-19-29-23-36-33-16-7-8-17-37(33)40-38(36)25-35(29)34(27)24-32/h1-25H. The minimum absolute atomic E-state index is 0.919. The maximum atomic E-state index is 6.27. The summed E-state index contributed by atoms with van der Waals surface area (Å²) in [5.41, 5.74) is 7.59. The fraction of sp³-hybridized carbons (Fsp3) is 0. The Labute approximate surface area is 232 Å². The molecule has 0 aliphatic carbocycles. The molecule has 8 rings (SSSR count). The number of rotatable bonds is 4. The Morgan fingerprint density at radius 3 is 1.88 bits per heavy atom. The Morgan fingerprint density at radius 1 is 0.350 bits per heavy atom. The molecular weight excluding hydrogens is 486 g/mol. The molecule has 40 heavy (non-hydrogen) atoms. The summed E-state index contributed by atoms with van der Waals surface area (Å²) < 4.78 is 6.27. The molecule has 0 aliphatic rings. The second-order valence-corrected chi connectivity index (χ2v) is 10.2. The lowest BCUT2D eigenvalue weighted by Gasteiger charge is -2.26. The van der Waals surface area contributed by atoms with Crippen LogP contribution in [0, 0.1) is 0 Å². The third kappa shape index (κ3) is 3.73. The monoisotopic (exact) mass is 511 g/mol. The Bertz CT molecular complexity index is 2160. The predicted octanol–water partition coefficient (Wildman–Crippen LogP) is 11.0. The van der Waals surface area contributed by atoms with Gasteiger partial charge in [0.05, 0.1) is 0 Å². The highest BCUT2D eigenvalue weighted by Gasteiger charge is 2.15. The number of benzene rings is 7. The van der Waals surface area contributed by atoms with E-state index in [1.165, 1.54) is 32.7 Å². The lowest BCUT2D eigenvalue weighted by molar-refractivity contribution is 0.669. The lowest BCUT2D eigenvalue weighted by Crippen LogP contribution is -2.09. The molecule has 7 aromatic carbocycles. The molecule has 0 fully saturated rings. The predicted molar refractivity (Wildman–Crippen MR) is 169 cm³/mol. The van der Waals surface area contributed by atoms with Crippen LogP contribution in [-0.2, 0) is 0 Å². The Hall–Kier alpha value is -5.34. The highest BCUT2D eigenvalue weighted by atomic mass is 16.3. The van der Waals surface area contributed by atoms with Gasteiger partial charge in [-0.15, -0.1) is 0 Å². The van der Waals surface area contributed by atoms with E-state index in [2.05, 4.69) is 144 Å².